The minimum absolute atomic E-state index is 0.236. The summed E-state index contributed by atoms with van der Waals surface area (Å²) in [6.07, 6.45) is 0. The van der Waals surface area contributed by atoms with Crippen LogP contribution in [0.5, 0.6) is 5.75 Å². The molecule has 0 aliphatic carbocycles. The highest BCUT2D eigenvalue weighted by Crippen LogP contribution is 2.28. The molecule has 0 spiro atoms. The molecule has 1 saturated heterocycles. The van der Waals surface area contributed by atoms with E-state index in [1.165, 1.54) is 12.1 Å². The van der Waals surface area contributed by atoms with Crippen molar-refractivity contribution in [1.29, 1.82) is 0 Å². The van der Waals surface area contributed by atoms with Crippen LogP contribution >= 0.6 is 0 Å². The van der Waals surface area contributed by atoms with E-state index in [-0.39, 0.29) is 17.4 Å². The number of hydrogen-bond donors (Lipinski definition) is 1. The third-order valence-corrected chi connectivity index (χ3v) is 6.00. The van der Waals surface area contributed by atoms with E-state index in [1.807, 2.05) is 24.3 Å². The third kappa shape index (κ3) is 4.34. The summed E-state index contributed by atoms with van der Waals surface area (Å²) in [5.74, 6) is 0.921. The van der Waals surface area contributed by atoms with Crippen LogP contribution in [0.2, 0.25) is 0 Å². The smallest absolute Gasteiger partial charge is 0.276 e. The Bertz CT molecular complexity index is 1300. The van der Waals surface area contributed by atoms with Crippen molar-refractivity contribution in [1.82, 2.24) is 10.2 Å². The molecule has 8 heteroatoms. The zero-order valence-corrected chi connectivity index (χ0v) is 18.7. The van der Waals surface area contributed by atoms with Crippen molar-refractivity contribution in [2.24, 2.45) is 0 Å². The number of ether oxygens (including phenoxy) is 1. The minimum atomic E-state index is -0.318. The van der Waals surface area contributed by atoms with Gasteiger partial charge in [-0.1, -0.05) is 24.3 Å². The van der Waals surface area contributed by atoms with Crippen LogP contribution in [0.25, 0.3) is 10.8 Å². The number of amides is 1. The second kappa shape index (κ2) is 9.35. The fourth-order valence-electron chi connectivity index (χ4n) is 4.18. The molecular weight excluding hydrogens is 433 g/mol. The van der Waals surface area contributed by atoms with Crippen molar-refractivity contribution in [2.75, 3.05) is 48.4 Å². The normalized spacial score (nSPS) is 13.7. The van der Waals surface area contributed by atoms with Gasteiger partial charge in [-0.25, -0.2) is 4.39 Å². The average molecular weight is 458 g/mol. The maximum absolute atomic E-state index is 13.3. The minimum Gasteiger partial charge on any atom is -0.497 e. The summed E-state index contributed by atoms with van der Waals surface area (Å²) in [5, 5.41) is 13.3. The summed E-state index contributed by atoms with van der Waals surface area (Å²) >= 11 is 0. The van der Waals surface area contributed by atoms with Gasteiger partial charge < -0.3 is 19.9 Å². The van der Waals surface area contributed by atoms with Gasteiger partial charge in [-0.3, -0.25) is 4.79 Å². The molecule has 1 aliphatic rings. The van der Waals surface area contributed by atoms with Gasteiger partial charge in [-0.2, -0.15) is 0 Å². The molecule has 0 radical (unpaired) electrons. The quantitative estimate of drug-likeness (QED) is 0.480. The van der Waals surface area contributed by atoms with Crippen molar-refractivity contribution in [3.63, 3.8) is 0 Å². The summed E-state index contributed by atoms with van der Waals surface area (Å²) in [4.78, 5) is 17.4. The molecule has 1 N–H and O–H groups in total. The topological polar surface area (TPSA) is 70.6 Å². The van der Waals surface area contributed by atoms with E-state index in [0.29, 0.717) is 11.4 Å². The second-order valence-electron chi connectivity index (χ2n) is 8.05. The number of carbonyl (C=O) groups is 1. The standard InChI is InChI=1S/C26H24FN5O2/c1-34-21-12-8-19(9-13-21)28-26(33)24-22-4-2-3-5-23(22)25(30-29-24)32-16-14-31(15-17-32)20-10-6-18(27)7-11-20/h2-13H,14-17H2,1H3,(H,28,33). The SMILES string of the molecule is COc1ccc(NC(=O)c2nnc(N3CCN(c4ccc(F)cc4)CC3)c3ccccc23)cc1. The van der Waals surface area contributed by atoms with E-state index in [4.69, 9.17) is 4.74 Å². The van der Waals surface area contributed by atoms with Gasteiger partial charge >= 0.3 is 0 Å². The average Bonchev–Trinajstić information content (AvgIpc) is 2.89. The first-order chi connectivity index (χ1) is 16.6. The summed E-state index contributed by atoms with van der Waals surface area (Å²) in [6.45, 7) is 3.05. The van der Waals surface area contributed by atoms with Crippen molar-refractivity contribution >= 4 is 33.9 Å². The van der Waals surface area contributed by atoms with Gasteiger partial charge in [0.25, 0.3) is 5.91 Å². The molecule has 5 rings (SSSR count). The van der Waals surface area contributed by atoms with Gasteiger partial charge in [0.05, 0.1) is 7.11 Å². The predicted octanol–water partition coefficient (Wildman–Crippen LogP) is 4.36. The van der Waals surface area contributed by atoms with Crippen LogP contribution in [0.15, 0.2) is 72.8 Å². The lowest BCUT2D eigenvalue weighted by molar-refractivity contribution is 0.102. The molecule has 172 valence electrons. The van der Waals surface area contributed by atoms with Crippen molar-refractivity contribution in [3.8, 4) is 5.75 Å². The Morgan fingerprint density at radius 1 is 0.853 bits per heavy atom. The molecule has 1 fully saturated rings. The summed E-state index contributed by atoms with van der Waals surface area (Å²) in [6, 6.07) is 21.4. The van der Waals surface area contributed by atoms with Gasteiger partial charge in [0.2, 0.25) is 0 Å². The molecule has 0 unspecified atom stereocenters. The molecule has 1 aliphatic heterocycles. The number of anilines is 3. The maximum Gasteiger partial charge on any atom is 0.276 e. The van der Waals surface area contributed by atoms with Crippen molar-refractivity contribution in [3.05, 3.63) is 84.3 Å². The summed E-state index contributed by atoms with van der Waals surface area (Å²) in [7, 11) is 1.60. The lowest BCUT2D eigenvalue weighted by atomic mass is 10.1. The van der Waals surface area contributed by atoms with Crippen molar-refractivity contribution in [2.45, 2.75) is 0 Å². The predicted molar refractivity (Wildman–Crippen MR) is 131 cm³/mol. The molecule has 0 bridgehead atoms. The summed E-state index contributed by atoms with van der Waals surface area (Å²) < 4.78 is 18.4. The first-order valence-corrected chi connectivity index (χ1v) is 11.1. The van der Waals surface area contributed by atoms with Gasteiger partial charge in [-0.15, -0.1) is 10.2 Å². The lowest BCUT2D eigenvalue weighted by Gasteiger charge is -2.37. The molecule has 0 atom stereocenters. The van der Waals surface area contributed by atoms with Crippen LogP contribution in [-0.4, -0.2) is 49.4 Å². The molecule has 0 saturated carbocycles. The number of aromatic nitrogens is 2. The molecule has 7 nitrogen and oxygen atoms in total. The second-order valence-corrected chi connectivity index (χ2v) is 8.05. The van der Waals surface area contributed by atoms with Crippen LogP contribution < -0.4 is 19.9 Å². The van der Waals surface area contributed by atoms with E-state index in [1.54, 1.807) is 43.5 Å². The Labute approximate surface area is 196 Å². The number of rotatable bonds is 5. The van der Waals surface area contributed by atoms with Crippen LogP contribution in [0.4, 0.5) is 21.6 Å². The Kier molecular flexibility index (Phi) is 5.95. The number of methoxy groups -OCH3 is 1. The number of fused-ring (bicyclic) bond motifs is 1. The first-order valence-electron chi connectivity index (χ1n) is 11.1. The highest BCUT2D eigenvalue weighted by molar-refractivity contribution is 6.12. The van der Waals surface area contributed by atoms with Crippen LogP contribution in [0, 0.1) is 5.82 Å². The maximum atomic E-state index is 13.3. The Morgan fingerprint density at radius 2 is 1.50 bits per heavy atom. The lowest BCUT2D eigenvalue weighted by Crippen LogP contribution is -2.47. The van der Waals surface area contributed by atoms with E-state index in [2.05, 4.69) is 25.3 Å². The molecule has 4 aromatic rings. The van der Waals surface area contributed by atoms with Crippen LogP contribution in [-0.2, 0) is 0 Å². The zero-order valence-electron chi connectivity index (χ0n) is 18.7. The number of nitrogens with zero attached hydrogens (tertiary/aromatic N) is 4. The largest absolute Gasteiger partial charge is 0.497 e. The Morgan fingerprint density at radius 3 is 2.18 bits per heavy atom. The highest BCUT2D eigenvalue weighted by atomic mass is 19.1. The fraction of sp³-hybridized carbons (Fsp3) is 0.192. The number of piperazine rings is 1. The highest BCUT2D eigenvalue weighted by Gasteiger charge is 2.23. The van der Waals surface area contributed by atoms with Gasteiger partial charge in [0.1, 0.15) is 11.6 Å². The molecular formula is C26H24FN5O2. The van der Waals surface area contributed by atoms with Gasteiger partial charge in [0, 0.05) is 48.3 Å². The van der Waals surface area contributed by atoms with E-state index >= 15 is 0 Å². The number of carbonyl (C=O) groups excluding carboxylic acids is 1. The molecule has 34 heavy (non-hydrogen) atoms. The van der Waals surface area contributed by atoms with E-state index in [0.717, 1.165) is 48.5 Å². The Balaban J connectivity index is 1.36. The zero-order chi connectivity index (χ0) is 23.5. The van der Waals surface area contributed by atoms with Gasteiger partial charge in [0.15, 0.2) is 11.5 Å². The number of nitrogens with one attached hydrogen (secondary N) is 1. The van der Waals surface area contributed by atoms with Crippen molar-refractivity contribution < 1.29 is 13.9 Å². The molecule has 2 heterocycles. The van der Waals surface area contributed by atoms with Crippen LogP contribution in [0.1, 0.15) is 10.5 Å². The first kappa shape index (κ1) is 21.6. The van der Waals surface area contributed by atoms with Gasteiger partial charge in [-0.05, 0) is 48.5 Å². The van der Waals surface area contributed by atoms with E-state index < -0.39 is 0 Å². The third-order valence-electron chi connectivity index (χ3n) is 6.00. The van der Waals surface area contributed by atoms with Crippen LogP contribution in [0.3, 0.4) is 0 Å². The number of hydrogen-bond acceptors (Lipinski definition) is 6. The molecule has 1 aromatic heterocycles. The number of benzene rings is 3. The fourth-order valence-corrected chi connectivity index (χ4v) is 4.18. The summed E-state index contributed by atoms with van der Waals surface area (Å²) in [5.41, 5.74) is 1.93. The number of halogens is 1. The molecule has 3 aromatic carbocycles. The monoisotopic (exact) mass is 457 g/mol. The Hall–Kier alpha value is -4.20. The molecule has 1 amide bonds. The van der Waals surface area contributed by atoms with E-state index in [9.17, 15) is 9.18 Å².